The number of rotatable bonds is 6. The number of carbonyl (C=O) groups excluding carboxylic acids is 2. The molecule has 0 heterocycles. The van der Waals surface area contributed by atoms with Gasteiger partial charge in [0.2, 0.25) is 6.29 Å². The van der Waals surface area contributed by atoms with Crippen LogP contribution >= 0.6 is 0 Å². The Labute approximate surface area is 265 Å². The van der Waals surface area contributed by atoms with Crippen LogP contribution in [-0.2, 0) is 22.4 Å². The summed E-state index contributed by atoms with van der Waals surface area (Å²) in [7, 11) is 0. The number of ether oxygens (including phenoxy) is 1. The molecule has 0 amide bonds. The maximum Gasteiger partial charge on any atom is 0.446 e. The number of aldehydes is 1. The van der Waals surface area contributed by atoms with E-state index in [1.807, 2.05) is 99.6 Å². The number of hydrogen-bond donors (Lipinski definition) is 1. The molecule has 4 aromatic rings. The predicted octanol–water partition coefficient (Wildman–Crippen LogP) is 8.24. The van der Waals surface area contributed by atoms with Crippen LogP contribution in [0.4, 0.5) is 13.2 Å². The number of carbonyl (C=O) groups is 3. The summed E-state index contributed by atoms with van der Waals surface area (Å²) < 4.78 is 36.8. The highest BCUT2D eigenvalue weighted by molar-refractivity contribution is 5.99. The molecule has 4 aromatic carbocycles. The van der Waals surface area contributed by atoms with Gasteiger partial charge in [-0.05, 0) is 54.2 Å². The first-order chi connectivity index (χ1) is 21.7. The molecule has 0 fully saturated rings. The number of carboxylic acid groups (broad SMARTS) is 1. The van der Waals surface area contributed by atoms with Crippen LogP contribution in [0.25, 0.3) is 22.3 Å². The minimum absolute atomic E-state index is 0.0995. The van der Waals surface area contributed by atoms with Crippen LogP contribution in [0.15, 0.2) is 97.1 Å². The maximum absolute atomic E-state index is 12.6. The molecule has 10 heteroatoms. The van der Waals surface area contributed by atoms with Crippen molar-refractivity contribution in [1.82, 2.24) is 0 Å². The SMILES string of the molecule is CC(C)(C)OC(=O)c1c(CC#N)cccc1-c1ccccc1.N#CCc1cccc(-c2ccccc2)c1C(=O)O.O=CC(F)(F)F. The molecule has 236 valence electrons. The Morgan fingerprint density at radius 2 is 1.11 bits per heavy atom. The van der Waals surface area contributed by atoms with E-state index in [1.165, 1.54) is 0 Å². The Kier molecular flexibility index (Phi) is 13.4. The summed E-state index contributed by atoms with van der Waals surface area (Å²) in [6.07, 6.45) is -5.43. The summed E-state index contributed by atoms with van der Waals surface area (Å²) in [6, 6.07) is 33.9. The van der Waals surface area contributed by atoms with Gasteiger partial charge in [0.15, 0.2) is 0 Å². The van der Waals surface area contributed by atoms with E-state index in [1.54, 1.807) is 24.3 Å². The summed E-state index contributed by atoms with van der Waals surface area (Å²) in [5, 5.41) is 27.1. The first kappa shape index (κ1) is 36.5. The van der Waals surface area contributed by atoms with Crippen LogP contribution in [0.5, 0.6) is 0 Å². The smallest absolute Gasteiger partial charge is 0.446 e. The number of aromatic carboxylic acids is 1. The molecule has 0 saturated carbocycles. The van der Waals surface area contributed by atoms with E-state index in [9.17, 15) is 27.9 Å². The highest BCUT2D eigenvalue weighted by Gasteiger charge is 2.25. The molecule has 0 saturated heterocycles. The van der Waals surface area contributed by atoms with Crippen LogP contribution < -0.4 is 0 Å². The lowest BCUT2D eigenvalue weighted by molar-refractivity contribution is -0.156. The monoisotopic (exact) mass is 628 g/mol. The third kappa shape index (κ3) is 11.4. The molecule has 0 atom stereocenters. The molecule has 0 aliphatic heterocycles. The molecule has 0 aliphatic rings. The van der Waals surface area contributed by atoms with Crippen molar-refractivity contribution in [2.24, 2.45) is 0 Å². The summed E-state index contributed by atoms with van der Waals surface area (Å²) in [6.45, 7) is 5.50. The first-order valence-electron chi connectivity index (χ1n) is 13.8. The Hall–Kier alpha value is -5.74. The molecule has 0 radical (unpaired) electrons. The number of benzene rings is 4. The van der Waals surface area contributed by atoms with Crippen LogP contribution in [0, 0.1) is 22.7 Å². The van der Waals surface area contributed by atoms with E-state index in [0.29, 0.717) is 22.3 Å². The second-order valence-corrected chi connectivity index (χ2v) is 10.5. The van der Waals surface area contributed by atoms with Gasteiger partial charge in [-0.3, -0.25) is 4.79 Å². The predicted molar refractivity (Wildman–Crippen MR) is 167 cm³/mol. The van der Waals surface area contributed by atoms with Crippen molar-refractivity contribution >= 4 is 18.2 Å². The molecule has 0 unspecified atom stereocenters. The third-order valence-corrected chi connectivity index (χ3v) is 5.96. The van der Waals surface area contributed by atoms with E-state index in [0.717, 1.165) is 16.7 Å². The van der Waals surface area contributed by atoms with Crippen LogP contribution in [-0.4, -0.2) is 35.1 Å². The van der Waals surface area contributed by atoms with E-state index < -0.39 is 30.0 Å². The molecule has 0 aliphatic carbocycles. The van der Waals surface area contributed by atoms with Crippen molar-refractivity contribution in [1.29, 1.82) is 10.5 Å². The Bertz CT molecular complexity index is 1720. The van der Waals surface area contributed by atoms with Gasteiger partial charge >= 0.3 is 18.1 Å². The van der Waals surface area contributed by atoms with Crippen molar-refractivity contribution in [3.8, 4) is 34.4 Å². The molecule has 7 nitrogen and oxygen atoms in total. The number of nitrogens with zero attached hydrogens (tertiary/aromatic N) is 2. The number of halogens is 3. The lowest BCUT2D eigenvalue weighted by Gasteiger charge is -2.21. The fourth-order valence-electron chi connectivity index (χ4n) is 4.20. The lowest BCUT2D eigenvalue weighted by atomic mass is 9.94. The van der Waals surface area contributed by atoms with E-state index in [2.05, 4.69) is 6.07 Å². The average molecular weight is 629 g/mol. The number of carboxylic acids is 1. The highest BCUT2D eigenvalue weighted by atomic mass is 19.4. The summed E-state index contributed by atoms with van der Waals surface area (Å²) in [5.41, 5.74) is 4.57. The van der Waals surface area contributed by atoms with Crippen LogP contribution in [0.3, 0.4) is 0 Å². The molecule has 1 N–H and O–H groups in total. The number of esters is 1. The highest BCUT2D eigenvalue weighted by Crippen LogP contribution is 2.29. The summed E-state index contributed by atoms with van der Waals surface area (Å²) >= 11 is 0. The summed E-state index contributed by atoms with van der Waals surface area (Å²) in [4.78, 5) is 32.7. The van der Waals surface area contributed by atoms with E-state index in [4.69, 9.17) is 20.1 Å². The average Bonchev–Trinajstić information content (AvgIpc) is 3.01. The standard InChI is InChI=1S/C19H19NO2.C15H11NO2.C2HF3O/c1-19(2,3)22-18(21)17-15(12-13-20)10-7-11-16(17)14-8-5-4-6-9-14;16-10-9-12-7-4-8-13(14(12)15(17)18)11-5-2-1-3-6-11;3-2(4,5)1-6/h4-11H,12H2,1-3H3;1-8H,9H2,(H,17,18);1H. The normalized spacial score (nSPS) is 10.4. The number of alkyl halides is 3. The second kappa shape index (κ2) is 16.9. The van der Waals surface area contributed by atoms with Gasteiger partial charge in [0.1, 0.15) is 5.60 Å². The van der Waals surface area contributed by atoms with Crippen molar-refractivity contribution in [3.63, 3.8) is 0 Å². The van der Waals surface area contributed by atoms with Crippen molar-refractivity contribution < 1.29 is 37.4 Å². The molecular formula is C36H31F3N2O5. The minimum Gasteiger partial charge on any atom is -0.478 e. The lowest BCUT2D eigenvalue weighted by Crippen LogP contribution is -2.25. The molecule has 0 aromatic heterocycles. The zero-order valence-corrected chi connectivity index (χ0v) is 25.3. The Morgan fingerprint density at radius 1 is 0.717 bits per heavy atom. The van der Waals surface area contributed by atoms with Crippen LogP contribution in [0.1, 0.15) is 52.6 Å². The molecule has 4 rings (SSSR count). The maximum atomic E-state index is 12.6. The minimum atomic E-state index is -4.64. The third-order valence-electron chi connectivity index (χ3n) is 5.96. The molecular weight excluding hydrogens is 597 g/mol. The number of hydrogen-bond acceptors (Lipinski definition) is 6. The number of nitriles is 2. The fraction of sp³-hybridized carbons (Fsp3) is 0.194. The molecule has 46 heavy (non-hydrogen) atoms. The van der Waals surface area contributed by atoms with Crippen molar-refractivity contribution in [2.45, 2.75) is 45.4 Å². The largest absolute Gasteiger partial charge is 0.478 e. The van der Waals surface area contributed by atoms with Gasteiger partial charge in [0.05, 0.1) is 36.1 Å². The van der Waals surface area contributed by atoms with Crippen molar-refractivity contribution in [2.75, 3.05) is 0 Å². The van der Waals surface area contributed by atoms with Gasteiger partial charge in [-0.15, -0.1) is 0 Å². The topological polar surface area (TPSA) is 128 Å². The van der Waals surface area contributed by atoms with Gasteiger partial charge in [-0.25, -0.2) is 9.59 Å². The van der Waals surface area contributed by atoms with Crippen LogP contribution in [0.2, 0.25) is 0 Å². The molecule has 0 spiro atoms. The fourth-order valence-corrected chi connectivity index (χ4v) is 4.20. The van der Waals surface area contributed by atoms with E-state index >= 15 is 0 Å². The van der Waals surface area contributed by atoms with Gasteiger partial charge in [-0.2, -0.15) is 23.7 Å². The molecule has 0 bridgehead atoms. The first-order valence-corrected chi connectivity index (χ1v) is 13.8. The second-order valence-electron chi connectivity index (χ2n) is 10.5. The van der Waals surface area contributed by atoms with Gasteiger partial charge < -0.3 is 9.84 Å². The van der Waals surface area contributed by atoms with Gasteiger partial charge in [0, 0.05) is 0 Å². The van der Waals surface area contributed by atoms with E-state index in [-0.39, 0.29) is 18.4 Å². The van der Waals surface area contributed by atoms with Crippen molar-refractivity contribution in [3.05, 3.63) is 119 Å². The summed E-state index contributed by atoms with van der Waals surface area (Å²) in [5.74, 6) is -1.39. The zero-order chi connectivity index (χ0) is 34.3. The quantitative estimate of drug-likeness (QED) is 0.168. The zero-order valence-electron chi connectivity index (χ0n) is 25.3. The van der Waals surface area contributed by atoms with Gasteiger partial charge in [-0.1, -0.05) is 97.1 Å². The van der Waals surface area contributed by atoms with Gasteiger partial charge in [0.25, 0.3) is 0 Å². The Morgan fingerprint density at radius 3 is 1.46 bits per heavy atom. The Balaban J connectivity index is 0.000000276.